The number of aromatic nitrogens is 1. The quantitative estimate of drug-likeness (QED) is 0.590. The van der Waals surface area contributed by atoms with Crippen LogP contribution in [0.15, 0.2) is 47.1 Å². The highest BCUT2D eigenvalue weighted by atomic mass is 79.9. The monoisotopic (exact) mass is 377 g/mol. The van der Waals surface area contributed by atoms with Crippen LogP contribution in [0, 0.1) is 10.6 Å². The van der Waals surface area contributed by atoms with Crippen LogP contribution in [0.25, 0.3) is 0 Å². The molecule has 23 heavy (non-hydrogen) atoms. The zero-order chi connectivity index (χ0) is 16.7. The lowest BCUT2D eigenvalue weighted by molar-refractivity contribution is -0.622. The maximum atomic E-state index is 12.5. The van der Waals surface area contributed by atoms with Gasteiger partial charge in [0.1, 0.15) is 5.75 Å². The molecule has 0 amide bonds. The van der Waals surface area contributed by atoms with Crippen LogP contribution < -0.4 is 9.47 Å². The number of hydrogen-bond donors (Lipinski definition) is 0. The van der Waals surface area contributed by atoms with Gasteiger partial charge in [0.2, 0.25) is 5.69 Å². The van der Waals surface area contributed by atoms with Crippen molar-refractivity contribution in [3.63, 3.8) is 0 Å². The minimum atomic E-state index is -0.859. The summed E-state index contributed by atoms with van der Waals surface area (Å²) >= 11 is 3.52. The van der Waals surface area contributed by atoms with Crippen molar-refractivity contribution in [3.05, 3.63) is 63.5 Å². The summed E-state index contributed by atoms with van der Waals surface area (Å²) in [4.78, 5) is 0. The minimum absolute atomic E-state index is 0.148. The highest BCUT2D eigenvalue weighted by molar-refractivity contribution is 9.10. The predicted octanol–water partition coefficient (Wildman–Crippen LogP) is 3.78. The van der Waals surface area contributed by atoms with Crippen LogP contribution in [0.1, 0.15) is 31.5 Å². The van der Waals surface area contributed by atoms with Gasteiger partial charge in [-0.2, -0.15) is 4.73 Å². The number of halogens is 1. The summed E-state index contributed by atoms with van der Waals surface area (Å²) in [7, 11) is 1.65. The number of rotatable bonds is 2. The number of nitrogens with zero attached hydrogens (tertiary/aromatic N) is 1. The molecule has 1 unspecified atom stereocenters. The molecule has 0 aliphatic carbocycles. The van der Waals surface area contributed by atoms with E-state index in [0.717, 1.165) is 20.5 Å². The molecule has 5 heteroatoms. The zero-order valence-electron chi connectivity index (χ0n) is 13.5. The van der Waals surface area contributed by atoms with Gasteiger partial charge in [-0.05, 0) is 30.7 Å². The van der Waals surface area contributed by atoms with E-state index in [0.29, 0.717) is 18.7 Å². The van der Waals surface area contributed by atoms with E-state index < -0.39 is 5.60 Å². The third-order valence-corrected chi connectivity index (χ3v) is 4.80. The molecule has 0 N–H and O–H groups in total. The molecule has 4 nitrogen and oxygen atoms in total. The molecule has 0 bridgehead atoms. The summed E-state index contributed by atoms with van der Waals surface area (Å²) < 4.78 is 13.9. The van der Waals surface area contributed by atoms with Crippen LogP contribution in [-0.4, -0.2) is 13.7 Å². The summed E-state index contributed by atoms with van der Waals surface area (Å²) in [6.45, 7) is 4.82. The Kier molecular flexibility index (Phi) is 4.10. The average Bonchev–Trinajstić information content (AvgIpc) is 2.63. The van der Waals surface area contributed by atoms with Crippen molar-refractivity contribution in [2.45, 2.75) is 25.9 Å². The van der Waals surface area contributed by atoms with Crippen molar-refractivity contribution >= 4 is 15.9 Å². The van der Waals surface area contributed by atoms with Crippen LogP contribution >= 0.6 is 15.9 Å². The first-order chi connectivity index (χ1) is 10.9. The molecule has 1 aromatic heterocycles. The maximum Gasteiger partial charge on any atom is 0.229 e. The van der Waals surface area contributed by atoms with Crippen molar-refractivity contribution < 1.29 is 14.2 Å². The summed E-state index contributed by atoms with van der Waals surface area (Å²) in [6.07, 6.45) is 2.15. The van der Waals surface area contributed by atoms with Crippen LogP contribution in [0.5, 0.6) is 5.75 Å². The van der Waals surface area contributed by atoms with Crippen molar-refractivity contribution in [1.29, 1.82) is 0 Å². The van der Waals surface area contributed by atoms with Gasteiger partial charge in [0, 0.05) is 34.7 Å². The van der Waals surface area contributed by atoms with E-state index >= 15 is 0 Å². The maximum absolute atomic E-state index is 12.5. The van der Waals surface area contributed by atoms with Gasteiger partial charge in [-0.3, -0.25) is 0 Å². The van der Waals surface area contributed by atoms with Crippen LogP contribution in [0.4, 0.5) is 0 Å². The number of ether oxygens (including phenoxy) is 2. The second kappa shape index (κ2) is 5.80. The second-order valence-corrected chi connectivity index (χ2v) is 7.63. The standard InChI is InChI=1S/C18H20BrNO3/c1-17(2)11-18(22-3,16-6-4-5-9-20(16)21)14-10-13(19)7-8-15(14)23-12-17/h4-10H,11-12H2,1-3H3. The van der Waals surface area contributed by atoms with E-state index in [1.807, 2.05) is 30.3 Å². The van der Waals surface area contributed by atoms with Crippen LogP contribution in [-0.2, 0) is 10.3 Å². The highest BCUT2D eigenvalue weighted by Crippen LogP contribution is 2.48. The molecule has 1 aromatic carbocycles. The van der Waals surface area contributed by atoms with Gasteiger partial charge in [-0.25, -0.2) is 0 Å². The third-order valence-electron chi connectivity index (χ3n) is 4.31. The lowest BCUT2D eigenvalue weighted by Crippen LogP contribution is -2.46. The van der Waals surface area contributed by atoms with E-state index in [4.69, 9.17) is 9.47 Å². The number of fused-ring (bicyclic) bond motifs is 1. The van der Waals surface area contributed by atoms with Crippen molar-refractivity contribution in [1.82, 2.24) is 0 Å². The van der Waals surface area contributed by atoms with Gasteiger partial charge in [-0.15, -0.1) is 0 Å². The SMILES string of the molecule is COC1(c2cccc[n+]2[O-])CC(C)(C)COc2ccc(Br)cc21. The summed E-state index contributed by atoms with van der Waals surface area (Å²) in [6, 6.07) is 11.2. The Bertz CT molecular complexity index is 732. The lowest BCUT2D eigenvalue weighted by atomic mass is 9.76. The number of benzene rings is 1. The predicted molar refractivity (Wildman–Crippen MR) is 91.2 cm³/mol. The van der Waals surface area contributed by atoms with Gasteiger partial charge in [0.15, 0.2) is 11.8 Å². The summed E-state index contributed by atoms with van der Waals surface area (Å²) in [5, 5.41) is 12.5. The highest BCUT2D eigenvalue weighted by Gasteiger charge is 2.49. The molecule has 0 saturated carbocycles. The first kappa shape index (κ1) is 16.3. The fourth-order valence-electron chi connectivity index (χ4n) is 3.29. The molecule has 0 radical (unpaired) electrons. The Balaban J connectivity index is 2.32. The number of methoxy groups -OCH3 is 1. The molecule has 3 rings (SSSR count). The summed E-state index contributed by atoms with van der Waals surface area (Å²) in [5.74, 6) is 0.754. The summed E-state index contributed by atoms with van der Waals surface area (Å²) in [5.41, 5.74) is 0.433. The molecule has 1 aliphatic heterocycles. The fourth-order valence-corrected chi connectivity index (χ4v) is 3.65. The molecule has 0 spiro atoms. The van der Waals surface area contributed by atoms with E-state index in [1.54, 1.807) is 13.2 Å². The molecule has 2 heterocycles. The van der Waals surface area contributed by atoms with Gasteiger partial charge in [-0.1, -0.05) is 29.8 Å². The Hall–Kier alpha value is -1.59. The van der Waals surface area contributed by atoms with Crippen molar-refractivity contribution in [2.24, 2.45) is 5.41 Å². The van der Waals surface area contributed by atoms with Crippen molar-refractivity contribution in [3.8, 4) is 5.75 Å². The third kappa shape index (κ3) is 2.83. The smallest absolute Gasteiger partial charge is 0.229 e. The van der Waals surface area contributed by atoms with Gasteiger partial charge in [0.05, 0.1) is 6.61 Å². The average molecular weight is 378 g/mol. The van der Waals surface area contributed by atoms with E-state index in [9.17, 15) is 5.21 Å². The van der Waals surface area contributed by atoms with Gasteiger partial charge < -0.3 is 14.7 Å². The Morgan fingerprint density at radius 3 is 2.74 bits per heavy atom. The first-order valence-corrected chi connectivity index (χ1v) is 8.34. The Labute approximate surface area is 144 Å². The Morgan fingerprint density at radius 2 is 2.04 bits per heavy atom. The van der Waals surface area contributed by atoms with E-state index in [1.165, 1.54) is 6.20 Å². The van der Waals surface area contributed by atoms with E-state index in [-0.39, 0.29) is 5.41 Å². The van der Waals surface area contributed by atoms with Crippen molar-refractivity contribution in [2.75, 3.05) is 13.7 Å². The molecule has 0 saturated heterocycles. The van der Waals surface area contributed by atoms with Gasteiger partial charge >= 0.3 is 0 Å². The van der Waals surface area contributed by atoms with Gasteiger partial charge in [0.25, 0.3) is 0 Å². The minimum Gasteiger partial charge on any atom is -0.618 e. The lowest BCUT2D eigenvalue weighted by Gasteiger charge is -2.34. The number of hydrogen-bond acceptors (Lipinski definition) is 3. The molecule has 122 valence electrons. The normalized spacial score (nSPS) is 22.8. The molecule has 1 aliphatic rings. The Morgan fingerprint density at radius 1 is 1.26 bits per heavy atom. The molecule has 0 fully saturated rings. The molecule has 1 atom stereocenters. The fraction of sp³-hybridized carbons (Fsp3) is 0.389. The largest absolute Gasteiger partial charge is 0.618 e. The van der Waals surface area contributed by atoms with Crippen LogP contribution in [0.3, 0.4) is 0 Å². The second-order valence-electron chi connectivity index (χ2n) is 6.71. The zero-order valence-corrected chi connectivity index (χ0v) is 15.1. The van der Waals surface area contributed by atoms with Crippen LogP contribution in [0.2, 0.25) is 0 Å². The molecular formula is C18H20BrNO3. The number of pyridine rings is 1. The first-order valence-electron chi connectivity index (χ1n) is 7.55. The van der Waals surface area contributed by atoms with E-state index in [2.05, 4.69) is 29.8 Å². The molecular weight excluding hydrogens is 358 g/mol. The molecule has 2 aromatic rings. The topological polar surface area (TPSA) is 45.4 Å².